The summed E-state index contributed by atoms with van der Waals surface area (Å²) in [7, 11) is 3.80. The van der Waals surface area contributed by atoms with E-state index >= 15 is 0 Å². The van der Waals surface area contributed by atoms with Crippen molar-refractivity contribution in [2.45, 2.75) is 65.2 Å². The van der Waals surface area contributed by atoms with Crippen molar-refractivity contribution >= 4 is 11.9 Å². The largest absolute Gasteiger partial charge is 0.465 e. The minimum Gasteiger partial charge on any atom is -0.465 e. The molecule has 2 rings (SSSR count). The fourth-order valence-electron chi connectivity index (χ4n) is 4.87. The molecule has 10 heteroatoms. The molecule has 0 fully saturated rings. The summed E-state index contributed by atoms with van der Waals surface area (Å²) >= 11 is 0. The molecule has 0 radical (unpaired) electrons. The van der Waals surface area contributed by atoms with E-state index in [0.29, 0.717) is 38.9 Å². The summed E-state index contributed by atoms with van der Waals surface area (Å²) in [6, 6.07) is 0. The Bertz CT molecular complexity index is 883. The van der Waals surface area contributed by atoms with Crippen LogP contribution in [0, 0.1) is 23.7 Å². The molecule has 0 aliphatic heterocycles. The Morgan fingerprint density at radius 3 is 1.45 bits per heavy atom. The highest BCUT2D eigenvalue weighted by molar-refractivity contribution is 5.73. The molecule has 214 valence electrons. The van der Waals surface area contributed by atoms with Gasteiger partial charge in [0, 0.05) is 62.9 Å². The Hall–Kier alpha value is -2.72. The molecule has 0 aliphatic rings. The molecule has 0 bridgehead atoms. The van der Waals surface area contributed by atoms with Gasteiger partial charge in [0.15, 0.2) is 0 Å². The molecule has 38 heavy (non-hydrogen) atoms. The Labute approximate surface area is 226 Å². The number of unbranched alkanes of at least 4 members (excludes halogenated alkanes) is 3. The fraction of sp³-hybridized carbons (Fsp3) is 0.714. The summed E-state index contributed by atoms with van der Waals surface area (Å²) < 4.78 is 14.8. The lowest BCUT2D eigenvalue weighted by Gasteiger charge is -2.23. The number of carbonyl (C=O) groups excluding carboxylic acids is 2. The smallest absolute Gasteiger partial charge is 0.309 e. The number of carbonyl (C=O) groups is 2. The molecule has 0 spiro atoms. The van der Waals surface area contributed by atoms with E-state index in [4.69, 9.17) is 9.47 Å². The second-order valence-corrected chi connectivity index (χ2v) is 10.1. The van der Waals surface area contributed by atoms with E-state index in [0.717, 1.165) is 37.1 Å². The van der Waals surface area contributed by atoms with E-state index in [2.05, 4.69) is 9.97 Å². The molecular weight excluding hydrogens is 488 g/mol. The number of aromatic nitrogens is 4. The van der Waals surface area contributed by atoms with Gasteiger partial charge in [-0.2, -0.15) is 0 Å². The van der Waals surface area contributed by atoms with E-state index in [1.165, 1.54) is 0 Å². The molecule has 10 nitrogen and oxygen atoms in total. The number of aliphatic hydroxyl groups excluding tert-OH is 2. The van der Waals surface area contributed by atoms with Crippen molar-refractivity contribution < 1.29 is 29.3 Å². The highest BCUT2D eigenvalue weighted by Crippen LogP contribution is 2.23. The summed E-state index contributed by atoms with van der Waals surface area (Å²) in [6.07, 6.45) is 12.5. The molecule has 0 amide bonds. The van der Waals surface area contributed by atoms with Gasteiger partial charge in [0.2, 0.25) is 0 Å². The third kappa shape index (κ3) is 9.54. The SMILES string of the molecule is CC[C@H](C(=O)OCCCCCCOC(=O)[C@@H](CC)[C@H](CO)Cc1cncn1C)[C@H](CO)Cc1cncn1C. The fourth-order valence-corrected chi connectivity index (χ4v) is 4.87. The van der Waals surface area contributed by atoms with E-state index in [9.17, 15) is 19.8 Å². The van der Waals surface area contributed by atoms with Crippen molar-refractivity contribution in [3.05, 3.63) is 36.4 Å². The Morgan fingerprint density at radius 2 is 1.16 bits per heavy atom. The van der Waals surface area contributed by atoms with Crippen LogP contribution in [0.5, 0.6) is 0 Å². The summed E-state index contributed by atoms with van der Waals surface area (Å²) in [5, 5.41) is 19.7. The minimum absolute atomic E-state index is 0.0846. The summed E-state index contributed by atoms with van der Waals surface area (Å²) in [5.74, 6) is -1.67. The van der Waals surface area contributed by atoms with E-state index < -0.39 is 0 Å². The number of nitrogens with zero attached hydrogens (tertiary/aromatic N) is 4. The molecule has 2 aromatic rings. The van der Waals surface area contributed by atoms with Crippen LogP contribution in [-0.4, -0.2) is 67.7 Å². The zero-order valence-electron chi connectivity index (χ0n) is 23.4. The molecule has 0 aromatic carbocycles. The predicted octanol–water partition coefficient (Wildman–Crippen LogP) is 2.86. The lowest BCUT2D eigenvalue weighted by atomic mass is 9.87. The average Bonchev–Trinajstić information content (AvgIpc) is 3.51. The van der Waals surface area contributed by atoms with Crippen LogP contribution in [0.4, 0.5) is 0 Å². The lowest BCUT2D eigenvalue weighted by Crippen LogP contribution is -2.30. The number of hydrogen-bond donors (Lipinski definition) is 2. The quantitative estimate of drug-likeness (QED) is 0.208. The number of aryl methyl sites for hydroxylation is 2. The average molecular weight is 535 g/mol. The molecule has 2 aromatic heterocycles. The Morgan fingerprint density at radius 1 is 0.763 bits per heavy atom. The van der Waals surface area contributed by atoms with E-state index in [1.807, 2.05) is 37.1 Å². The van der Waals surface area contributed by atoms with Crippen LogP contribution in [0.1, 0.15) is 63.8 Å². The van der Waals surface area contributed by atoms with Crippen molar-refractivity contribution in [2.24, 2.45) is 37.8 Å². The highest BCUT2D eigenvalue weighted by Gasteiger charge is 2.29. The molecular formula is C28H46N4O6. The number of imidazole rings is 2. The van der Waals surface area contributed by atoms with Crippen molar-refractivity contribution in [3.63, 3.8) is 0 Å². The standard InChI is InChI=1S/C28H46N4O6/c1-5-25(21(17-33)13-23-15-29-19-31(23)3)27(35)37-11-9-7-8-10-12-38-28(36)26(6-2)22(18-34)14-24-16-30-20-32(24)4/h15-16,19-22,25-26,33-34H,5-14,17-18H2,1-4H3/t21-,22-,25-,26-/m0/s1. The monoisotopic (exact) mass is 534 g/mol. The van der Waals surface area contributed by atoms with Crippen LogP contribution in [0.25, 0.3) is 0 Å². The van der Waals surface area contributed by atoms with Crippen LogP contribution in [0.2, 0.25) is 0 Å². The third-order valence-electron chi connectivity index (χ3n) is 7.40. The Balaban J connectivity index is 1.64. The lowest BCUT2D eigenvalue weighted by molar-refractivity contribution is -0.152. The normalized spacial score (nSPS) is 14.6. The number of ether oxygens (including phenoxy) is 2. The van der Waals surface area contributed by atoms with Gasteiger partial charge in [0.05, 0.1) is 37.7 Å². The zero-order chi connectivity index (χ0) is 27.9. The molecule has 0 aliphatic carbocycles. The van der Waals surface area contributed by atoms with Gasteiger partial charge in [-0.3, -0.25) is 9.59 Å². The number of esters is 2. The Kier molecular flexibility index (Phi) is 14.1. The molecule has 4 atom stereocenters. The van der Waals surface area contributed by atoms with Crippen molar-refractivity contribution in [3.8, 4) is 0 Å². The maximum absolute atomic E-state index is 12.7. The first-order valence-corrected chi connectivity index (χ1v) is 13.8. The number of rotatable bonds is 19. The number of aliphatic hydroxyl groups is 2. The van der Waals surface area contributed by atoms with Crippen LogP contribution in [-0.2, 0) is 46.0 Å². The van der Waals surface area contributed by atoms with Crippen molar-refractivity contribution in [1.29, 1.82) is 0 Å². The van der Waals surface area contributed by atoms with Gasteiger partial charge in [0.25, 0.3) is 0 Å². The van der Waals surface area contributed by atoms with Gasteiger partial charge in [-0.05, 0) is 51.4 Å². The third-order valence-corrected chi connectivity index (χ3v) is 7.40. The van der Waals surface area contributed by atoms with Crippen molar-refractivity contribution in [1.82, 2.24) is 19.1 Å². The minimum atomic E-state index is -0.360. The first-order chi connectivity index (χ1) is 18.4. The van der Waals surface area contributed by atoms with Gasteiger partial charge >= 0.3 is 11.9 Å². The van der Waals surface area contributed by atoms with E-state index in [1.54, 1.807) is 25.0 Å². The van der Waals surface area contributed by atoms with Gasteiger partial charge in [-0.1, -0.05) is 13.8 Å². The van der Waals surface area contributed by atoms with Crippen molar-refractivity contribution in [2.75, 3.05) is 26.4 Å². The number of hydrogen-bond acceptors (Lipinski definition) is 8. The van der Waals surface area contributed by atoms with Crippen LogP contribution in [0.3, 0.4) is 0 Å². The summed E-state index contributed by atoms with van der Waals surface area (Å²) in [4.78, 5) is 33.5. The second kappa shape index (κ2) is 17.0. The van der Waals surface area contributed by atoms with Gasteiger partial charge in [-0.25, -0.2) is 9.97 Å². The van der Waals surface area contributed by atoms with Crippen LogP contribution in [0.15, 0.2) is 25.0 Å². The summed E-state index contributed by atoms with van der Waals surface area (Å²) in [5.41, 5.74) is 1.95. The summed E-state index contributed by atoms with van der Waals surface area (Å²) in [6.45, 7) is 4.37. The van der Waals surface area contributed by atoms with Crippen LogP contribution < -0.4 is 0 Å². The first-order valence-electron chi connectivity index (χ1n) is 13.8. The van der Waals surface area contributed by atoms with Gasteiger partial charge in [-0.15, -0.1) is 0 Å². The van der Waals surface area contributed by atoms with E-state index in [-0.39, 0.29) is 48.8 Å². The highest BCUT2D eigenvalue weighted by atomic mass is 16.5. The predicted molar refractivity (Wildman–Crippen MR) is 143 cm³/mol. The first kappa shape index (κ1) is 31.5. The molecule has 0 saturated carbocycles. The zero-order valence-corrected chi connectivity index (χ0v) is 23.4. The molecule has 2 N–H and O–H groups in total. The van der Waals surface area contributed by atoms with Crippen LogP contribution >= 0.6 is 0 Å². The molecule has 0 saturated heterocycles. The topological polar surface area (TPSA) is 129 Å². The second-order valence-electron chi connectivity index (χ2n) is 10.1. The van der Waals surface area contributed by atoms with Gasteiger partial charge < -0.3 is 28.8 Å². The maximum Gasteiger partial charge on any atom is 0.309 e. The maximum atomic E-state index is 12.7. The molecule has 0 unspecified atom stereocenters. The molecule has 2 heterocycles. The van der Waals surface area contributed by atoms with Gasteiger partial charge in [0.1, 0.15) is 0 Å².